The molecule has 0 unspecified atom stereocenters. The number of alkyl halides is 3. The van der Waals surface area contributed by atoms with Gasteiger partial charge in [-0.15, -0.1) is 0 Å². The number of aromatic hydroxyl groups is 1. The van der Waals surface area contributed by atoms with Gasteiger partial charge in [0.25, 0.3) is 0 Å². The Morgan fingerprint density at radius 1 is 1.14 bits per heavy atom. The van der Waals surface area contributed by atoms with E-state index in [1.165, 1.54) is 0 Å². The SMILES string of the molecule is CC(C)(c1ncc(O)cn1)C(F)(F)F. The fourth-order valence-corrected chi connectivity index (χ4v) is 0.771. The van der Waals surface area contributed by atoms with Crippen LogP contribution in [0.3, 0.4) is 0 Å². The van der Waals surface area contributed by atoms with Gasteiger partial charge in [-0.3, -0.25) is 0 Å². The van der Waals surface area contributed by atoms with Gasteiger partial charge < -0.3 is 5.11 Å². The van der Waals surface area contributed by atoms with Crippen molar-refractivity contribution in [2.24, 2.45) is 0 Å². The predicted molar refractivity (Wildman–Crippen MR) is 42.8 cm³/mol. The maximum absolute atomic E-state index is 12.5. The minimum absolute atomic E-state index is 0.258. The molecule has 3 nitrogen and oxygen atoms in total. The number of aromatic nitrogens is 2. The molecule has 0 aliphatic carbocycles. The number of rotatable bonds is 1. The smallest absolute Gasteiger partial charge is 0.400 e. The highest BCUT2D eigenvalue weighted by Crippen LogP contribution is 2.38. The van der Waals surface area contributed by atoms with E-state index in [2.05, 4.69) is 9.97 Å². The molecule has 0 spiro atoms. The number of nitrogens with zero attached hydrogens (tertiary/aromatic N) is 2. The topological polar surface area (TPSA) is 46.0 Å². The Morgan fingerprint density at radius 2 is 1.57 bits per heavy atom. The summed E-state index contributed by atoms with van der Waals surface area (Å²) in [4.78, 5) is 6.87. The van der Waals surface area contributed by atoms with Gasteiger partial charge in [0.1, 0.15) is 11.2 Å². The molecule has 0 aromatic carbocycles. The highest BCUT2D eigenvalue weighted by molar-refractivity contribution is 5.15. The van der Waals surface area contributed by atoms with Crippen molar-refractivity contribution in [3.05, 3.63) is 18.2 Å². The first-order valence-electron chi connectivity index (χ1n) is 3.83. The second-order valence-corrected chi connectivity index (χ2v) is 3.39. The molecule has 0 saturated heterocycles. The molecule has 1 heterocycles. The number of hydrogen-bond donors (Lipinski definition) is 1. The molecule has 0 fully saturated rings. The van der Waals surface area contributed by atoms with Crippen LogP contribution < -0.4 is 0 Å². The van der Waals surface area contributed by atoms with Crippen LogP contribution in [0.1, 0.15) is 19.7 Å². The molecule has 1 aromatic heterocycles. The van der Waals surface area contributed by atoms with E-state index in [4.69, 9.17) is 5.11 Å². The Morgan fingerprint density at radius 3 is 1.93 bits per heavy atom. The van der Waals surface area contributed by atoms with Gasteiger partial charge in [0.15, 0.2) is 5.75 Å². The summed E-state index contributed by atoms with van der Waals surface area (Å²) in [5.74, 6) is -0.616. The quantitative estimate of drug-likeness (QED) is 0.764. The third-order valence-electron chi connectivity index (χ3n) is 1.91. The summed E-state index contributed by atoms with van der Waals surface area (Å²) in [6.45, 7) is 1.97. The third-order valence-corrected chi connectivity index (χ3v) is 1.91. The molecule has 0 aliphatic heterocycles. The lowest BCUT2D eigenvalue weighted by atomic mass is 9.91. The van der Waals surface area contributed by atoms with Crippen LogP contribution in [0.5, 0.6) is 5.75 Å². The highest BCUT2D eigenvalue weighted by Gasteiger charge is 2.50. The normalized spacial score (nSPS) is 12.9. The van der Waals surface area contributed by atoms with Gasteiger partial charge in [0, 0.05) is 0 Å². The third kappa shape index (κ3) is 1.78. The van der Waals surface area contributed by atoms with Crippen molar-refractivity contribution in [3.63, 3.8) is 0 Å². The van der Waals surface area contributed by atoms with Crippen molar-refractivity contribution in [2.45, 2.75) is 25.4 Å². The Balaban J connectivity index is 3.10. The van der Waals surface area contributed by atoms with Crippen LogP contribution in [0.2, 0.25) is 0 Å². The van der Waals surface area contributed by atoms with Crippen LogP contribution in [-0.2, 0) is 5.41 Å². The van der Waals surface area contributed by atoms with Gasteiger partial charge in [-0.05, 0) is 13.8 Å². The summed E-state index contributed by atoms with van der Waals surface area (Å²) >= 11 is 0. The first-order valence-corrected chi connectivity index (χ1v) is 3.83. The predicted octanol–water partition coefficient (Wildman–Crippen LogP) is 2.02. The molecule has 0 bridgehead atoms. The average molecular weight is 206 g/mol. The minimum Gasteiger partial charge on any atom is -0.505 e. The van der Waals surface area contributed by atoms with Crippen molar-refractivity contribution >= 4 is 0 Å². The van der Waals surface area contributed by atoms with Crippen molar-refractivity contribution in [1.29, 1.82) is 0 Å². The molecule has 6 heteroatoms. The second-order valence-electron chi connectivity index (χ2n) is 3.39. The molecule has 0 saturated carbocycles. The van der Waals surface area contributed by atoms with Gasteiger partial charge in [-0.2, -0.15) is 13.2 Å². The second kappa shape index (κ2) is 3.11. The fourth-order valence-electron chi connectivity index (χ4n) is 0.771. The van der Waals surface area contributed by atoms with E-state index < -0.39 is 11.6 Å². The summed E-state index contributed by atoms with van der Waals surface area (Å²) in [6, 6.07) is 0. The van der Waals surface area contributed by atoms with E-state index >= 15 is 0 Å². The van der Waals surface area contributed by atoms with E-state index in [0.717, 1.165) is 26.2 Å². The summed E-state index contributed by atoms with van der Waals surface area (Å²) in [6.07, 6.45) is -2.53. The molecule has 0 amide bonds. The maximum Gasteiger partial charge on any atom is 0.400 e. The number of halogens is 3. The molecule has 1 rings (SSSR count). The molecule has 1 aromatic rings. The summed E-state index contributed by atoms with van der Waals surface area (Å²) < 4.78 is 37.4. The maximum atomic E-state index is 12.5. The summed E-state index contributed by atoms with van der Waals surface area (Å²) in [7, 11) is 0. The fraction of sp³-hybridized carbons (Fsp3) is 0.500. The lowest BCUT2D eigenvalue weighted by Crippen LogP contribution is -2.38. The largest absolute Gasteiger partial charge is 0.505 e. The molecule has 0 aliphatic rings. The average Bonchev–Trinajstić information content (AvgIpc) is 2.03. The molecule has 1 N–H and O–H groups in total. The molecular formula is C8H9F3N2O. The lowest BCUT2D eigenvalue weighted by molar-refractivity contribution is -0.182. The van der Waals surface area contributed by atoms with Gasteiger partial charge in [-0.1, -0.05) is 0 Å². The molecule has 14 heavy (non-hydrogen) atoms. The van der Waals surface area contributed by atoms with Crippen LogP contribution in [0, 0.1) is 0 Å². The first kappa shape index (κ1) is 10.7. The zero-order valence-electron chi connectivity index (χ0n) is 7.63. The van der Waals surface area contributed by atoms with Crippen molar-refractivity contribution in [2.75, 3.05) is 0 Å². The standard InChI is InChI=1S/C8H9F3N2O/c1-7(2,8(9,10)11)6-12-3-5(14)4-13-6/h3-4,14H,1-2H3. The monoisotopic (exact) mass is 206 g/mol. The molecule has 0 radical (unpaired) electrons. The van der Waals surface area contributed by atoms with Crippen LogP contribution in [0.15, 0.2) is 12.4 Å². The molecular weight excluding hydrogens is 197 g/mol. The van der Waals surface area contributed by atoms with E-state index in [-0.39, 0.29) is 11.6 Å². The van der Waals surface area contributed by atoms with E-state index in [0.29, 0.717) is 0 Å². The van der Waals surface area contributed by atoms with Crippen molar-refractivity contribution < 1.29 is 18.3 Å². The number of hydrogen-bond acceptors (Lipinski definition) is 3. The van der Waals surface area contributed by atoms with Crippen molar-refractivity contribution in [3.8, 4) is 5.75 Å². The van der Waals surface area contributed by atoms with Crippen LogP contribution >= 0.6 is 0 Å². The first-order chi connectivity index (χ1) is 6.25. The van der Waals surface area contributed by atoms with Crippen LogP contribution in [0.4, 0.5) is 13.2 Å². The molecule has 78 valence electrons. The Labute approximate surface area is 78.6 Å². The zero-order chi connectivity index (χ0) is 11.0. The zero-order valence-corrected chi connectivity index (χ0v) is 7.63. The van der Waals surface area contributed by atoms with E-state index in [1.807, 2.05) is 0 Å². The Hall–Kier alpha value is -1.33. The Kier molecular flexibility index (Phi) is 2.39. The van der Waals surface area contributed by atoms with Crippen LogP contribution in [-0.4, -0.2) is 21.3 Å². The van der Waals surface area contributed by atoms with Gasteiger partial charge in [0.05, 0.1) is 12.4 Å². The summed E-state index contributed by atoms with van der Waals surface area (Å²) in [5, 5.41) is 8.82. The van der Waals surface area contributed by atoms with Gasteiger partial charge in [0.2, 0.25) is 0 Å². The highest BCUT2D eigenvalue weighted by atomic mass is 19.4. The van der Waals surface area contributed by atoms with Crippen molar-refractivity contribution in [1.82, 2.24) is 9.97 Å². The van der Waals surface area contributed by atoms with Gasteiger partial charge >= 0.3 is 6.18 Å². The van der Waals surface area contributed by atoms with Crippen LogP contribution in [0.25, 0.3) is 0 Å². The lowest BCUT2D eigenvalue weighted by Gasteiger charge is -2.25. The molecule has 0 atom stereocenters. The minimum atomic E-state index is -4.41. The van der Waals surface area contributed by atoms with Gasteiger partial charge in [-0.25, -0.2) is 9.97 Å². The Bertz CT molecular complexity index is 318. The van der Waals surface area contributed by atoms with E-state index in [1.54, 1.807) is 0 Å². The summed E-state index contributed by atoms with van der Waals surface area (Å²) in [5.41, 5.74) is -2.11. The van der Waals surface area contributed by atoms with E-state index in [9.17, 15) is 13.2 Å².